The normalized spacial score (nSPS) is 35.1. The van der Waals surface area contributed by atoms with E-state index in [-0.39, 0.29) is 0 Å². The number of fused-ring (bicyclic) bond motifs is 5. The highest BCUT2D eigenvalue weighted by atomic mass is 35.5. The molecule has 0 aromatic heterocycles. The molecular formula is C12H13Cl. The Labute approximate surface area is 83.9 Å². The number of rotatable bonds is 0. The van der Waals surface area contributed by atoms with Crippen LogP contribution in [-0.4, -0.2) is 0 Å². The van der Waals surface area contributed by atoms with Crippen molar-refractivity contribution in [2.75, 3.05) is 0 Å². The molecule has 2 unspecified atom stereocenters. The summed E-state index contributed by atoms with van der Waals surface area (Å²) in [5.41, 5.74) is 3.00. The van der Waals surface area contributed by atoms with E-state index < -0.39 is 0 Å². The molecule has 1 heteroatoms. The van der Waals surface area contributed by atoms with Crippen LogP contribution in [0.3, 0.4) is 0 Å². The Kier molecular flexibility index (Phi) is 1.52. The first-order valence-electron chi connectivity index (χ1n) is 5.05. The second-order valence-electron chi connectivity index (χ2n) is 4.49. The quantitative estimate of drug-likeness (QED) is 0.584. The molecule has 0 nitrogen and oxygen atoms in total. The average molecular weight is 193 g/mol. The Morgan fingerprint density at radius 2 is 2.15 bits per heavy atom. The van der Waals surface area contributed by atoms with Crippen LogP contribution in [0.4, 0.5) is 0 Å². The molecule has 1 saturated carbocycles. The Balaban J connectivity index is 2.21. The highest BCUT2D eigenvalue weighted by Gasteiger charge is 2.42. The van der Waals surface area contributed by atoms with Crippen molar-refractivity contribution < 1.29 is 0 Å². The summed E-state index contributed by atoms with van der Waals surface area (Å²) >= 11 is 6.21. The molecule has 2 aliphatic rings. The van der Waals surface area contributed by atoms with Gasteiger partial charge in [0, 0.05) is 5.02 Å². The van der Waals surface area contributed by atoms with E-state index in [0.717, 1.165) is 22.8 Å². The molecule has 0 heterocycles. The fraction of sp³-hybridized carbons (Fsp3) is 0.500. The molecular weight excluding hydrogens is 180 g/mol. The molecule has 2 bridgehead atoms. The summed E-state index contributed by atoms with van der Waals surface area (Å²) in [6.45, 7) is 2.37. The molecule has 0 N–H and O–H groups in total. The Bertz CT molecular complexity index is 356. The van der Waals surface area contributed by atoms with Crippen molar-refractivity contribution >= 4 is 11.6 Å². The molecule has 13 heavy (non-hydrogen) atoms. The smallest absolute Gasteiger partial charge is 0.0443 e. The molecule has 0 aliphatic heterocycles. The lowest BCUT2D eigenvalue weighted by atomic mass is 9.85. The second kappa shape index (κ2) is 2.51. The Morgan fingerprint density at radius 3 is 3.00 bits per heavy atom. The van der Waals surface area contributed by atoms with Crippen LogP contribution in [0, 0.1) is 5.92 Å². The summed E-state index contributed by atoms with van der Waals surface area (Å²) in [7, 11) is 0. The van der Waals surface area contributed by atoms with Crippen LogP contribution in [0.1, 0.15) is 42.7 Å². The molecule has 68 valence electrons. The molecule has 0 saturated heterocycles. The zero-order valence-corrected chi connectivity index (χ0v) is 8.51. The fourth-order valence-corrected chi connectivity index (χ4v) is 3.56. The van der Waals surface area contributed by atoms with Crippen molar-refractivity contribution in [2.24, 2.45) is 5.92 Å². The van der Waals surface area contributed by atoms with E-state index in [4.69, 9.17) is 11.6 Å². The van der Waals surface area contributed by atoms with Gasteiger partial charge in [-0.05, 0) is 47.8 Å². The lowest BCUT2D eigenvalue weighted by Crippen LogP contribution is -2.06. The minimum atomic E-state index is 0.767. The van der Waals surface area contributed by atoms with Crippen LogP contribution >= 0.6 is 11.6 Å². The number of hydrogen-bond acceptors (Lipinski definition) is 0. The monoisotopic (exact) mass is 192 g/mol. The van der Waals surface area contributed by atoms with Crippen LogP contribution in [0.15, 0.2) is 18.2 Å². The molecule has 1 aromatic carbocycles. The highest BCUT2D eigenvalue weighted by molar-refractivity contribution is 6.31. The minimum Gasteiger partial charge on any atom is -0.0840 e. The van der Waals surface area contributed by atoms with Gasteiger partial charge in [0.05, 0.1) is 0 Å². The number of hydrogen-bond donors (Lipinski definition) is 0. The van der Waals surface area contributed by atoms with E-state index in [1.807, 2.05) is 6.07 Å². The van der Waals surface area contributed by atoms with Crippen molar-refractivity contribution in [1.29, 1.82) is 0 Å². The Hall–Kier alpha value is -0.490. The maximum atomic E-state index is 6.21. The van der Waals surface area contributed by atoms with Gasteiger partial charge >= 0.3 is 0 Å². The Morgan fingerprint density at radius 1 is 1.31 bits per heavy atom. The fourth-order valence-electron chi connectivity index (χ4n) is 3.23. The summed E-state index contributed by atoms with van der Waals surface area (Å²) in [6, 6.07) is 6.39. The number of halogens is 1. The van der Waals surface area contributed by atoms with Crippen molar-refractivity contribution in [3.8, 4) is 0 Å². The molecule has 1 aromatic rings. The van der Waals surface area contributed by atoms with E-state index in [2.05, 4.69) is 19.1 Å². The largest absolute Gasteiger partial charge is 0.0840 e. The van der Waals surface area contributed by atoms with Gasteiger partial charge in [-0.3, -0.25) is 0 Å². The summed E-state index contributed by atoms with van der Waals surface area (Å²) in [5, 5.41) is 0.997. The first kappa shape index (κ1) is 7.87. The van der Waals surface area contributed by atoms with Crippen molar-refractivity contribution in [3.05, 3.63) is 34.3 Å². The van der Waals surface area contributed by atoms with Gasteiger partial charge in [-0.2, -0.15) is 0 Å². The maximum Gasteiger partial charge on any atom is 0.0443 e. The first-order valence-corrected chi connectivity index (χ1v) is 5.43. The molecule has 0 amide bonds. The van der Waals surface area contributed by atoms with E-state index in [9.17, 15) is 0 Å². The third-order valence-corrected chi connectivity index (χ3v) is 4.11. The standard InChI is InChI=1S/C12H13Cl/c1-7-5-8-6-10(7)9-3-2-4-11(13)12(8)9/h2-4,7-8,10H,5-6H2,1H3/t7-,8?,10?/m0/s1. The average Bonchev–Trinajstić information content (AvgIpc) is 2.61. The van der Waals surface area contributed by atoms with Crippen LogP contribution in [0.2, 0.25) is 5.02 Å². The number of benzene rings is 1. The SMILES string of the molecule is C[C@H]1CC2CC1c1cccc(Cl)c12. The molecule has 0 radical (unpaired) electrons. The van der Waals surface area contributed by atoms with Gasteiger partial charge in [-0.25, -0.2) is 0 Å². The van der Waals surface area contributed by atoms with Gasteiger partial charge < -0.3 is 0 Å². The molecule has 3 atom stereocenters. The second-order valence-corrected chi connectivity index (χ2v) is 4.90. The molecule has 1 fully saturated rings. The van der Waals surface area contributed by atoms with E-state index in [0.29, 0.717) is 0 Å². The molecule has 0 spiro atoms. The van der Waals surface area contributed by atoms with Crippen LogP contribution in [0.5, 0.6) is 0 Å². The predicted molar refractivity (Wildman–Crippen MR) is 55.3 cm³/mol. The highest BCUT2D eigenvalue weighted by Crippen LogP contribution is 2.57. The van der Waals surface area contributed by atoms with Gasteiger partial charge in [0.2, 0.25) is 0 Å². The summed E-state index contributed by atoms with van der Waals surface area (Å²) < 4.78 is 0. The van der Waals surface area contributed by atoms with Crippen molar-refractivity contribution in [1.82, 2.24) is 0 Å². The van der Waals surface area contributed by atoms with Gasteiger partial charge in [0.25, 0.3) is 0 Å². The lowest BCUT2D eigenvalue weighted by molar-refractivity contribution is 0.514. The third kappa shape index (κ3) is 0.927. The van der Waals surface area contributed by atoms with Gasteiger partial charge in [0.1, 0.15) is 0 Å². The van der Waals surface area contributed by atoms with Crippen LogP contribution < -0.4 is 0 Å². The first-order chi connectivity index (χ1) is 6.27. The lowest BCUT2D eigenvalue weighted by Gasteiger charge is -2.21. The van der Waals surface area contributed by atoms with E-state index in [1.165, 1.54) is 24.0 Å². The molecule has 2 aliphatic carbocycles. The summed E-state index contributed by atoms with van der Waals surface area (Å²) in [6.07, 6.45) is 2.70. The zero-order chi connectivity index (χ0) is 9.00. The topological polar surface area (TPSA) is 0 Å². The minimum absolute atomic E-state index is 0.767. The van der Waals surface area contributed by atoms with Gasteiger partial charge in [-0.1, -0.05) is 30.7 Å². The zero-order valence-electron chi connectivity index (χ0n) is 7.76. The predicted octanol–water partition coefficient (Wildman–Crippen LogP) is 3.95. The van der Waals surface area contributed by atoms with Crippen LogP contribution in [0.25, 0.3) is 0 Å². The van der Waals surface area contributed by atoms with Crippen LogP contribution in [-0.2, 0) is 0 Å². The molecule has 3 rings (SSSR count). The van der Waals surface area contributed by atoms with E-state index >= 15 is 0 Å². The van der Waals surface area contributed by atoms with Gasteiger partial charge in [-0.15, -0.1) is 0 Å². The van der Waals surface area contributed by atoms with Crippen molar-refractivity contribution in [2.45, 2.75) is 31.6 Å². The van der Waals surface area contributed by atoms with Crippen molar-refractivity contribution in [3.63, 3.8) is 0 Å². The summed E-state index contributed by atoms with van der Waals surface area (Å²) in [4.78, 5) is 0. The third-order valence-electron chi connectivity index (χ3n) is 3.78. The van der Waals surface area contributed by atoms with E-state index in [1.54, 1.807) is 0 Å². The summed E-state index contributed by atoms with van der Waals surface area (Å²) in [5.74, 6) is 2.44. The van der Waals surface area contributed by atoms with Gasteiger partial charge in [0.15, 0.2) is 0 Å². The maximum absolute atomic E-state index is 6.21.